The smallest absolute Gasteiger partial charge is 0.323 e. The number of anilines is 2. The van der Waals surface area contributed by atoms with Crippen LogP contribution in [0.4, 0.5) is 16.2 Å². The van der Waals surface area contributed by atoms with Crippen LogP contribution < -0.4 is 26.4 Å². The Morgan fingerprint density at radius 3 is 2.54 bits per heavy atom. The lowest BCUT2D eigenvalue weighted by molar-refractivity contribution is 0.1000. The number of aromatic nitrogens is 2. The van der Waals surface area contributed by atoms with Crippen LogP contribution in [0.5, 0.6) is 11.5 Å². The van der Waals surface area contributed by atoms with Crippen molar-refractivity contribution in [3.63, 3.8) is 0 Å². The number of nitrogens with zero attached hydrogens (tertiary/aromatic N) is 2. The Balaban J connectivity index is 1.22. The van der Waals surface area contributed by atoms with Crippen LogP contribution >= 0.6 is 11.3 Å². The first-order valence-corrected chi connectivity index (χ1v) is 13.6. The van der Waals surface area contributed by atoms with E-state index in [1.54, 1.807) is 67.1 Å². The standard InChI is InChI=1S/C30H28N6O4S/c1-39-14-13-32-17-19-5-10-24(34-18-19)27-16-25-28(41-27)26(11-12-33-25)40-23-8-6-21(7-9-23)35-30(38)36-22-4-2-3-20(15-22)29(31)37/h2-12,15-16,18,32H,13-14,17H2,1H3,(H2,31,37)(H2,35,36,38). The summed E-state index contributed by atoms with van der Waals surface area (Å²) in [5.74, 6) is 0.719. The summed E-state index contributed by atoms with van der Waals surface area (Å²) >= 11 is 1.57. The van der Waals surface area contributed by atoms with Crippen LogP contribution in [0.3, 0.4) is 0 Å². The van der Waals surface area contributed by atoms with E-state index in [1.807, 2.05) is 24.4 Å². The highest BCUT2D eigenvalue weighted by molar-refractivity contribution is 7.22. The summed E-state index contributed by atoms with van der Waals surface area (Å²) in [4.78, 5) is 33.9. The summed E-state index contributed by atoms with van der Waals surface area (Å²) in [5, 5.41) is 8.76. The van der Waals surface area contributed by atoms with Crippen LogP contribution in [-0.4, -0.2) is 42.2 Å². The van der Waals surface area contributed by atoms with Crippen LogP contribution in [0.15, 0.2) is 85.2 Å². The molecule has 5 N–H and O–H groups in total. The molecular weight excluding hydrogens is 540 g/mol. The van der Waals surface area contributed by atoms with Crippen molar-refractivity contribution in [2.75, 3.05) is 30.9 Å². The Labute approximate surface area is 240 Å². The number of carbonyl (C=O) groups is 2. The van der Waals surface area contributed by atoms with Gasteiger partial charge in [0.05, 0.1) is 27.4 Å². The lowest BCUT2D eigenvalue weighted by Gasteiger charge is -2.10. The molecular formula is C30H28N6O4S. The molecule has 208 valence electrons. The summed E-state index contributed by atoms with van der Waals surface area (Å²) in [6.07, 6.45) is 3.59. The molecule has 11 heteroatoms. The first-order valence-electron chi connectivity index (χ1n) is 12.8. The van der Waals surface area contributed by atoms with Gasteiger partial charge in [-0.05, 0) is 60.2 Å². The third-order valence-corrected chi connectivity index (χ3v) is 7.17. The van der Waals surface area contributed by atoms with E-state index >= 15 is 0 Å². The number of carbonyl (C=O) groups excluding carboxylic acids is 2. The van der Waals surface area contributed by atoms with E-state index in [0.717, 1.165) is 39.4 Å². The van der Waals surface area contributed by atoms with Crippen molar-refractivity contribution in [1.82, 2.24) is 15.3 Å². The number of methoxy groups -OCH3 is 1. The van der Waals surface area contributed by atoms with Gasteiger partial charge in [0.25, 0.3) is 0 Å². The van der Waals surface area contributed by atoms with Crippen LogP contribution in [-0.2, 0) is 11.3 Å². The molecule has 0 saturated heterocycles. The SMILES string of the molecule is COCCNCc1ccc(-c2cc3nccc(Oc4ccc(NC(=O)Nc5cccc(C(N)=O)c5)cc4)c3s2)nc1. The number of urea groups is 1. The van der Waals surface area contributed by atoms with Gasteiger partial charge in [-0.1, -0.05) is 12.1 Å². The molecule has 0 spiro atoms. The number of benzene rings is 2. The first-order chi connectivity index (χ1) is 20.0. The highest BCUT2D eigenvalue weighted by atomic mass is 32.1. The number of hydrogen-bond acceptors (Lipinski definition) is 8. The summed E-state index contributed by atoms with van der Waals surface area (Å²) in [5.41, 5.74) is 9.43. The van der Waals surface area contributed by atoms with Crippen molar-refractivity contribution in [3.8, 4) is 22.1 Å². The van der Waals surface area contributed by atoms with E-state index < -0.39 is 11.9 Å². The molecule has 5 aromatic rings. The molecule has 2 aromatic carbocycles. The van der Waals surface area contributed by atoms with Crippen molar-refractivity contribution in [1.29, 1.82) is 0 Å². The molecule has 5 rings (SSSR count). The van der Waals surface area contributed by atoms with Gasteiger partial charge in [0.15, 0.2) is 0 Å². The van der Waals surface area contributed by atoms with Crippen molar-refractivity contribution in [2.45, 2.75) is 6.54 Å². The van der Waals surface area contributed by atoms with Crippen LogP contribution in [0, 0.1) is 0 Å². The highest BCUT2D eigenvalue weighted by Gasteiger charge is 2.12. The van der Waals surface area contributed by atoms with Crippen molar-refractivity contribution < 1.29 is 19.1 Å². The summed E-state index contributed by atoms with van der Waals surface area (Å²) in [6, 6.07) is 20.9. The predicted molar refractivity (Wildman–Crippen MR) is 161 cm³/mol. The maximum Gasteiger partial charge on any atom is 0.323 e. The molecule has 0 saturated carbocycles. The Hall–Kier alpha value is -4.84. The van der Waals surface area contributed by atoms with Gasteiger partial charge < -0.3 is 31.2 Å². The molecule has 0 bridgehead atoms. The van der Waals surface area contributed by atoms with E-state index in [2.05, 4.69) is 32.0 Å². The monoisotopic (exact) mass is 568 g/mol. The highest BCUT2D eigenvalue weighted by Crippen LogP contribution is 2.38. The average Bonchev–Trinajstić information content (AvgIpc) is 3.42. The molecule has 3 heterocycles. The van der Waals surface area contributed by atoms with E-state index in [4.69, 9.17) is 15.2 Å². The maximum atomic E-state index is 12.4. The van der Waals surface area contributed by atoms with E-state index in [9.17, 15) is 9.59 Å². The molecule has 0 fully saturated rings. The Bertz CT molecular complexity index is 1650. The second-order valence-corrected chi connectivity index (χ2v) is 10.1. The van der Waals surface area contributed by atoms with Gasteiger partial charge in [-0.15, -0.1) is 11.3 Å². The molecule has 0 aliphatic carbocycles. The minimum atomic E-state index is -0.567. The Kier molecular flexibility index (Phi) is 8.79. The third-order valence-electron chi connectivity index (χ3n) is 6.01. The van der Waals surface area contributed by atoms with Crippen LogP contribution in [0.2, 0.25) is 0 Å². The van der Waals surface area contributed by atoms with E-state index in [1.165, 1.54) is 6.07 Å². The summed E-state index contributed by atoms with van der Waals surface area (Å²) < 4.78 is 12.1. The number of hydrogen-bond donors (Lipinski definition) is 4. The fraction of sp³-hybridized carbons (Fsp3) is 0.133. The Morgan fingerprint density at radius 1 is 0.951 bits per heavy atom. The molecule has 0 aliphatic rings. The fourth-order valence-electron chi connectivity index (χ4n) is 3.98. The largest absolute Gasteiger partial charge is 0.456 e. The van der Waals surface area contributed by atoms with Gasteiger partial charge in [-0.25, -0.2) is 4.79 Å². The normalized spacial score (nSPS) is 10.9. The number of ether oxygens (including phenoxy) is 2. The summed E-state index contributed by atoms with van der Waals surface area (Å²) in [7, 11) is 1.68. The Morgan fingerprint density at radius 2 is 1.78 bits per heavy atom. The molecule has 10 nitrogen and oxygen atoms in total. The summed E-state index contributed by atoms with van der Waals surface area (Å²) in [6.45, 7) is 2.18. The zero-order valence-corrected chi connectivity index (χ0v) is 23.0. The lowest BCUT2D eigenvalue weighted by atomic mass is 10.2. The molecule has 3 amide bonds. The van der Waals surface area contributed by atoms with Gasteiger partial charge in [-0.2, -0.15) is 0 Å². The van der Waals surface area contributed by atoms with E-state index in [-0.39, 0.29) is 0 Å². The topological polar surface area (TPSA) is 140 Å². The van der Waals surface area contributed by atoms with E-state index in [0.29, 0.717) is 35.0 Å². The lowest BCUT2D eigenvalue weighted by Crippen LogP contribution is -2.20. The third kappa shape index (κ3) is 7.22. The number of nitrogens with two attached hydrogens (primary N) is 1. The first kappa shape index (κ1) is 27.7. The van der Waals surface area contributed by atoms with Gasteiger partial charge in [0, 0.05) is 55.6 Å². The molecule has 3 aromatic heterocycles. The number of nitrogens with one attached hydrogen (secondary N) is 3. The van der Waals surface area contributed by atoms with Crippen LogP contribution in [0.1, 0.15) is 15.9 Å². The van der Waals surface area contributed by atoms with Gasteiger partial charge in [0.2, 0.25) is 5.91 Å². The molecule has 0 radical (unpaired) electrons. The fourth-order valence-corrected chi connectivity index (χ4v) is 5.02. The van der Waals surface area contributed by atoms with Crippen molar-refractivity contribution >= 4 is 44.9 Å². The average molecular weight is 569 g/mol. The number of pyridine rings is 2. The predicted octanol–water partition coefficient (Wildman–Crippen LogP) is 5.63. The number of rotatable bonds is 11. The molecule has 0 atom stereocenters. The van der Waals surface area contributed by atoms with Gasteiger partial charge in [0.1, 0.15) is 11.5 Å². The van der Waals surface area contributed by atoms with Crippen LogP contribution in [0.25, 0.3) is 20.8 Å². The zero-order valence-electron chi connectivity index (χ0n) is 22.2. The molecule has 0 aliphatic heterocycles. The second-order valence-electron chi connectivity index (χ2n) is 9.01. The minimum Gasteiger partial charge on any atom is -0.456 e. The number of amides is 3. The number of fused-ring (bicyclic) bond motifs is 1. The second kappa shape index (κ2) is 13.0. The van der Waals surface area contributed by atoms with Gasteiger partial charge in [-0.3, -0.25) is 14.8 Å². The number of thiophene rings is 1. The molecule has 0 unspecified atom stereocenters. The zero-order chi connectivity index (χ0) is 28.6. The van der Waals surface area contributed by atoms with Gasteiger partial charge >= 0.3 is 6.03 Å². The van der Waals surface area contributed by atoms with Crippen molar-refractivity contribution in [3.05, 3.63) is 96.3 Å². The quantitative estimate of drug-likeness (QED) is 0.151. The minimum absolute atomic E-state index is 0.309. The van der Waals surface area contributed by atoms with Crippen molar-refractivity contribution in [2.24, 2.45) is 5.73 Å². The maximum absolute atomic E-state index is 12.4. The molecule has 41 heavy (non-hydrogen) atoms. The number of primary amides is 1.